The van der Waals surface area contributed by atoms with Gasteiger partial charge < -0.3 is 4.90 Å². The van der Waals surface area contributed by atoms with E-state index in [4.69, 9.17) is 10.7 Å². The maximum absolute atomic E-state index is 13.2. The van der Waals surface area contributed by atoms with Crippen LogP contribution >= 0.6 is 10.7 Å². The van der Waals surface area contributed by atoms with Crippen molar-refractivity contribution in [2.24, 2.45) is 0 Å². The van der Waals surface area contributed by atoms with Gasteiger partial charge in [-0.1, -0.05) is 0 Å². The van der Waals surface area contributed by atoms with Crippen LogP contribution in [-0.4, -0.2) is 32.3 Å². The van der Waals surface area contributed by atoms with Crippen molar-refractivity contribution in [2.75, 3.05) is 13.1 Å². The van der Waals surface area contributed by atoms with Crippen molar-refractivity contribution in [3.05, 3.63) is 29.6 Å². The second kappa shape index (κ2) is 4.51. The van der Waals surface area contributed by atoms with Crippen molar-refractivity contribution in [2.45, 2.75) is 17.7 Å². The van der Waals surface area contributed by atoms with Crippen molar-refractivity contribution < 1.29 is 17.6 Å². The van der Waals surface area contributed by atoms with Gasteiger partial charge in [0.2, 0.25) is 5.91 Å². The minimum Gasteiger partial charge on any atom is -0.342 e. The van der Waals surface area contributed by atoms with Crippen molar-refractivity contribution in [3.63, 3.8) is 0 Å². The normalized spacial score (nSPS) is 16.5. The number of carbonyl (C=O) groups excluding carboxylic acids is 1. The van der Waals surface area contributed by atoms with Gasteiger partial charge in [-0.2, -0.15) is 0 Å². The molecule has 0 radical (unpaired) electrons. The number of nitrogens with zero attached hydrogens (tertiary/aromatic N) is 1. The molecule has 1 aliphatic heterocycles. The third kappa shape index (κ3) is 2.49. The molecule has 0 spiro atoms. The van der Waals surface area contributed by atoms with Gasteiger partial charge in [0.25, 0.3) is 9.05 Å². The Morgan fingerprint density at radius 1 is 1.44 bits per heavy atom. The molecular formula is C11H11ClFNO3S. The lowest BCUT2D eigenvalue weighted by atomic mass is 9.91. The van der Waals surface area contributed by atoms with Crippen LogP contribution in [0.4, 0.5) is 4.39 Å². The van der Waals surface area contributed by atoms with E-state index >= 15 is 0 Å². The van der Waals surface area contributed by atoms with Gasteiger partial charge in [0, 0.05) is 36.6 Å². The van der Waals surface area contributed by atoms with Crippen LogP contribution in [0.25, 0.3) is 0 Å². The molecule has 1 heterocycles. The van der Waals surface area contributed by atoms with Gasteiger partial charge in [-0.15, -0.1) is 0 Å². The molecule has 0 aliphatic carbocycles. The highest BCUT2D eigenvalue weighted by Gasteiger charge is 2.33. The third-order valence-corrected chi connectivity index (χ3v) is 4.40. The molecule has 0 bridgehead atoms. The summed E-state index contributed by atoms with van der Waals surface area (Å²) in [5.74, 6) is -0.790. The van der Waals surface area contributed by atoms with E-state index in [1.165, 1.54) is 6.92 Å². The van der Waals surface area contributed by atoms with E-state index in [0.717, 1.165) is 18.2 Å². The number of rotatable bonds is 2. The van der Waals surface area contributed by atoms with E-state index in [1.807, 2.05) is 0 Å². The molecule has 1 saturated heterocycles. The third-order valence-electron chi connectivity index (χ3n) is 3.00. The molecule has 4 nitrogen and oxygen atoms in total. The second-order valence-electron chi connectivity index (χ2n) is 4.24. The number of hydrogen-bond donors (Lipinski definition) is 0. The minimum atomic E-state index is -3.91. The Labute approximate surface area is 109 Å². The van der Waals surface area contributed by atoms with Crippen LogP contribution in [0.2, 0.25) is 0 Å². The Hall–Kier alpha value is -1.14. The molecule has 98 valence electrons. The topological polar surface area (TPSA) is 54.5 Å². The molecule has 1 aliphatic rings. The van der Waals surface area contributed by atoms with Gasteiger partial charge in [-0.25, -0.2) is 12.8 Å². The van der Waals surface area contributed by atoms with Crippen LogP contribution in [0.5, 0.6) is 0 Å². The smallest absolute Gasteiger partial charge is 0.261 e. The zero-order chi connectivity index (χ0) is 13.5. The first-order chi connectivity index (χ1) is 8.29. The fraction of sp³-hybridized carbons (Fsp3) is 0.364. The van der Waals surface area contributed by atoms with Crippen molar-refractivity contribution in [1.82, 2.24) is 4.90 Å². The van der Waals surface area contributed by atoms with Crippen molar-refractivity contribution in [1.29, 1.82) is 0 Å². The number of hydrogen-bond acceptors (Lipinski definition) is 3. The Morgan fingerprint density at radius 3 is 2.56 bits per heavy atom. The summed E-state index contributed by atoms with van der Waals surface area (Å²) in [6.07, 6.45) is 0. The molecule has 0 unspecified atom stereocenters. The number of benzene rings is 1. The molecular weight excluding hydrogens is 281 g/mol. The maximum Gasteiger partial charge on any atom is 0.261 e. The number of carbonyl (C=O) groups is 1. The zero-order valence-corrected chi connectivity index (χ0v) is 11.1. The lowest BCUT2D eigenvalue weighted by Gasteiger charge is -2.39. The van der Waals surface area contributed by atoms with Crippen LogP contribution in [0.15, 0.2) is 23.1 Å². The fourth-order valence-electron chi connectivity index (χ4n) is 1.99. The molecule has 0 aromatic heterocycles. The van der Waals surface area contributed by atoms with Crippen LogP contribution in [0, 0.1) is 5.82 Å². The maximum atomic E-state index is 13.2. The lowest BCUT2D eigenvalue weighted by molar-refractivity contribution is -0.133. The fourth-order valence-corrected chi connectivity index (χ4v) is 3.15. The van der Waals surface area contributed by atoms with E-state index in [9.17, 15) is 17.6 Å². The molecule has 0 atom stereocenters. The lowest BCUT2D eigenvalue weighted by Crippen LogP contribution is -2.47. The van der Waals surface area contributed by atoms with E-state index in [0.29, 0.717) is 18.7 Å². The minimum absolute atomic E-state index is 0.0845. The zero-order valence-electron chi connectivity index (χ0n) is 9.56. The summed E-state index contributed by atoms with van der Waals surface area (Å²) in [6.45, 7) is 2.21. The monoisotopic (exact) mass is 291 g/mol. The Morgan fingerprint density at radius 2 is 2.06 bits per heavy atom. The highest BCUT2D eigenvalue weighted by atomic mass is 35.7. The summed E-state index contributed by atoms with van der Waals surface area (Å²) >= 11 is 0. The molecule has 7 heteroatoms. The Bertz CT molecular complexity index is 596. The van der Waals surface area contributed by atoms with Crippen LogP contribution in [0.3, 0.4) is 0 Å². The molecule has 18 heavy (non-hydrogen) atoms. The highest BCUT2D eigenvalue weighted by molar-refractivity contribution is 8.13. The largest absolute Gasteiger partial charge is 0.342 e. The van der Waals surface area contributed by atoms with E-state index < -0.39 is 14.9 Å². The molecule has 1 fully saturated rings. The van der Waals surface area contributed by atoms with Crippen LogP contribution < -0.4 is 0 Å². The molecule has 0 saturated carbocycles. The van der Waals surface area contributed by atoms with Crippen LogP contribution in [0.1, 0.15) is 18.4 Å². The first-order valence-corrected chi connectivity index (χ1v) is 7.59. The second-order valence-corrected chi connectivity index (χ2v) is 6.78. The SMILES string of the molecule is CC(=O)N1CC(c2cc(F)ccc2S(=O)(=O)Cl)C1. The number of likely N-dealkylation sites (tertiary alicyclic amines) is 1. The predicted octanol–water partition coefficient (Wildman–Crippen LogP) is 1.70. The van der Waals surface area contributed by atoms with E-state index in [2.05, 4.69) is 0 Å². The molecule has 0 N–H and O–H groups in total. The summed E-state index contributed by atoms with van der Waals surface area (Å²) in [4.78, 5) is 12.5. The first-order valence-electron chi connectivity index (χ1n) is 5.28. The summed E-state index contributed by atoms with van der Waals surface area (Å²) in [7, 11) is 1.40. The molecule has 2 rings (SSSR count). The molecule has 1 amide bonds. The van der Waals surface area contributed by atoms with Crippen molar-refractivity contribution >= 4 is 25.6 Å². The average Bonchev–Trinajstić information content (AvgIpc) is 2.12. The van der Waals surface area contributed by atoms with Gasteiger partial charge >= 0.3 is 0 Å². The van der Waals surface area contributed by atoms with Crippen molar-refractivity contribution in [3.8, 4) is 0 Å². The number of halogens is 2. The Kier molecular flexibility index (Phi) is 3.33. The summed E-state index contributed by atoms with van der Waals surface area (Å²) in [5.41, 5.74) is 0.336. The summed E-state index contributed by atoms with van der Waals surface area (Å²) in [6, 6.07) is 3.38. The molecule has 1 aromatic carbocycles. The standard InChI is InChI=1S/C11H11ClFNO3S/c1-7(15)14-5-8(6-14)10-4-9(13)2-3-11(10)18(12,16)17/h2-4,8H,5-6H2,1H3. The first kappa shape index (κ1) is 13.3. The quantitative estimate of drug-likeness (QED) is 0.779. The average molecular weight is 292 g/mol. The van der Waals surface area contributed by atoms with E-state index in [-0.39, 0.29) is 16.7 Å². The van der Waals surface area contributed by atoms with Gasteiger partial charge in [0.1, 0.15) is 5.82 Å². The predicted molar refractivity (Wildman–Crippen MR) is 64.4 cm³/mol. The summed E-state index contributed by atoms with van der Waals surface area (Å²) in [5, 5.41) is 0. The summed E-state index contributed by atoms with van der Waals surface area (Å²) < 4.78 is 36.0. The van der Waals surface area contributed by atoms with Gasteiger partial charge in [0.15, 0.2) is 0 Å². The van der Waals surface area contributed by atoms with E-state index in [1.54, 1.807) is 4.90 Å². The Balaban J connectivity index is 2.34. The highest BCUT2D eigenvalue weighted by Crippen LogP contribution is 2.33. The van der Waals surface area contributed by atoms with Gasteiger partial charge in [-0.05, 0) is 23.8 Å². The van der Waals surface area contributed by atoms with Crippen LogP contribution in [-0.2, 0) is 13.8 Å². The van der Waals surface area contributed by atoms with Gasteiger partial charge in [0.05, 0.1) is 4.90 Å². The molecule has 1 aromatic rings. The number of amides is 1. The van der Waals surface area contributed by atoms with Gasteiger partial charge in [-0.3, -0.25) is 4.79 Å².